The average Bonchev–Trinajstić information content (AvgIpc) is 3.02. The Labute approximate surface area is 111 Å². The number of hydrogen-bond donors (Lipinski definition) is 1. The molecular weight excluding hydrogens is 242 g/mol. The van der Waals surface area contributed by atoms with Crippen LogP contribution in [0.1, 0.15) is 31.2 Å². The lowest BCUT2D eigenvalue weighted by molar-refractivity contribution is 0.00768. The Morgan fingerprint density at radius 3 is 2.89 bits per heavy atom. The zero-order chi connectivity index (χ0) is 13.5. The predicted molar refractivity (Wildman–Crippen MR) is 71.4 cm³/mol. The Bertz CT molecular complexity index is 600. The summed E-state index contributed by atoms with van der Waals surface area (Å²) >= 11 is 0. The first-order valence-corrected chi connectivity index (χ1v) is 6.43. The maximum absolute atomic E-state index is 5.81. The lowest BCUT2D eigenvalue weighted by atomic mass is 10.0. The van der Waals surface area contributed by atoms with Gasteiger partial charge in [0.2, 0.25) is 5.82 Å². The third-order valence-corrected chi connectivity index (χ3v) is 3.63. The van der Waals surface area contributed by atoms with Crippen LogP contribution in [0.15, 0.2) is 22.7 Å². The van der Waals surface area contributed by atoms with Crippen molar-refractivity contribution in [3.05, 3.63) is 29.6 Å². The van der Waals surface area contributed by atoms with Gasteiger partial charge in [0.25, 0.3) is 5.89 Å². The van der Waals surface area contributed by atoms with Crippen molar-refractivity contribution in [3.63, 3.8) is 0 Å². The molecule has 5 nitrogen and oxygen atoms in total. The third kappa shape index (κ3) is 2.10. The number of nitrogen functional groups attached to an aromatic ring is 1. The molecular formula is C14H17N3O2. The Morgan fingerprint density at radius 2 is 2.21 bits per heavy atom. The molecule has 0 aliphatic carbocycles. The number of nitrogens with zero attached hydrogens (tertiary/aromatic N) is 2. The second-order valence-electron chi connectivity index (χ2n) is 5.18. The van der Waals surface area contributed by atoms with Gasteiger partial charge in [-0.05, 0) is 50.5 Å². The molecule has 3 rings (SSSR count). The van der Waals surface area contributed by atoms with E-state index in [1.165, 1.54) is 0 Å². The van der Waals surface area contributed by atoms with Crippen molar-refractivity contribution in [1.29, 1.82) is 0 Å². The molecule has 0 spiro atoms. The van der Waals surface area contributed by atoms with E-state index in [0.29, 0.717) is 11.7 Å². The zero-order valence-electron chi connectivity index (χ0n) is 11.1. The van der Waals surface area contributed by atoms with E-state index in [0.717, 1.165) is 36.3 Å². The molecule has 1 saturated heterocycles. The minimum Gasteiger partial charge on any atom is -0.399 e. The summed E-state index contributed by atoms with van der Waals surface area (Å²) < 4.78 is 11.1. The van der Waals surface area contributed by atoms with Gasteiger partial charge >= 0.3 is 0 Å². The molecule has 0 amide bonds. The van der Waals surface area contributed by atoms with E-state index >= 15 is 0 Å². The molecule has 1 aromatic carbocycles. The molecule has 100 valence electrons. The fourth-order valence-corrected chi connectivity index (χ4v) is 2.32. The Balaban J connectivity index is 1.94. The van der Waals surface area contributed by atoms with Crippen LogP contribution in [-0.2, 0) is 10.3 Å². The summed E-state index contributed by atoms with van der Waals surface area (Å²) in [5, 5.41) is 4.06. The van der Waals surface area contributed by atoms with Crippen LogP contribution < -0.4 is 5.73 Å². The van der Waals surface area contributed by atoms with Crippen molar-refractivity contribution < 1.29 is 9.26 Å². The second kappa shape index (κ2) is 4.35. The molecule has 5 heteroatoms. The maximum atomic E-state index is 5.81. The van der Waals surface area contributed by atoms with Crippen molar-refractivity contribution >= 4 is 5.69 Å². The van der Waals surface area contributed by atoms with Gasteiger partial charge in [0.05, 0.1) is 0 Å². The molecule has 1 aliphatic heterocycles. The number of nitrogens with two attached hydrogens (primary N) is 1. The van der Waals surface area contributed by atoms with Crippen LogP contribution in [0.25, 0.3) is 11.5 Å². The Kier molecular flexibility index (Phi) is 2.78. The largest absolute Gasteiger partial charge is 0.399 e. The van der Waals surface area contributed by atoms with Crippen molar-refractivity contribution in [1.82, 2.24) is 10.1 Å². The molecule has 2 aromatic rings. The van der Waals surface area contributed by atoms with Gasteiger partial charge < -0.3 is 15.0 Å². The normalized spacial score (nSPS) is 22.8. The number of rotatable bonds is 2. The van der Waals surface area contributed by atoms with Crippen LogP contribution in [0.4, 0.5) is 5.69 Å². The van der Waals surface area contributed by atoms with Gasteiger partial charge in [-0.3, -0.25) is 0 Å². The van der Waals surface area contributed by atoms with E-state index in [1.807, 2.05) is 32.0 Å². The van der Waals surface area contributed by atoms with Crippen LogP contribution in [0.2, 0.25) is 0 Å². The first-order chi connectivity index (χ1) is 9.08. The highest BCUT2D eigenvalue weighted by atomic mass is 16.5. The molecule has 1 aliphatic rings. The highest BCUT2D eigenvalue weighted by Crippen LogP contribution is 2.34. The zero-order valence-corrected chi connectivity index (χ0v) is 11.1. The van der Waals surface area contributed by atoms with Gasteiger partial charge in [-0.1, -0.05) is 5.16 Å². The number of aromatic nitrogens is 2. The molecule has 1 aromatic heterocycles. The van der Waals surface area contributed by atoms with Crippen molar-refractivity contribution in [2.24, 2.45) is 0 Å². The first kappa shape index (κ1) is 12.2. The van der Waals surface area contributed by atoms with Crippen molar-refractivity contribution in [2.75, 3.05) is 12.3 Å². The second-order valence-corrected chi connectivity index (χ2v) is 5.18. The van der Waals surface area contributed by atoms with Crippen LogP contribution in [-0.4, -0.2) is 16.7 Å². The molecule has 19 heavy (non-hydrogen) atoms. The molecule has 2 heterocycles. The number of anilines is 1. The summed E-state index contributed by atoms with van der Waals surface area (Å²) in [6.07, 6.45) is 1.95. The van der Waals surface area contributed by atoms with E-state index in [1.54, 1.807) is 0 Å². The van der Waals surface area contributed by atoms with E-state index in [2.05, 4.69) is 10.1 Å². The third-order valence-electron chi connectivity index (χ3n) is 3.63. The van der Waals surface area contributed by atoms with Gasteiger partial charge in [0.15, 0.2) is 0 Å². The molecule has 0 radical (unpaired) electrons. The number of hydrogen-bond acceptors (Lipinski definition) is 5. The molecule has 0 saturated carbocycles. The Hall–Kier alpha value is -1.88. The monoisotopic (exact) mass is 259 g/mol. The predicted octanol–water partition coefficient (Wildman–Crippen LogP) is 2.65. The van der Waals surface area contributed by atoms with E-state index in [9.17, 15) is 0 Å². The summed E-state index contributed by atoms with van der Waals surface area (Å²) in [5.74, 6) is 1.13. The standard InChI is InChI=1S/C14H17N3O2/c1-9-8-10(4-5-11(9)15)12-16-13(17-19-12)14(2)6-3-7-18-14/h4-5,8H,3,6-7,15H2,1-2H3. The molecule has 0 bridgehead atoms. The smallest absolute Gasteiger partial charge is 0.258 e. The van der Waals surface area contributed by atoms with Gasteiger partial charge in [-0.15, -0.1) is 0 Å². The van der Waals surface area contributed by atoms with Crippen LogP contribution in [0.3, 0.4) is 0 Å². The van der Waals surface area contributed by atoms with Crippen molar-refractivity contribution in [2.45, 2.75) is 32.3 Å². The summed E-state index contributed by atoms with van der Waals surface area (Å²) in [4.78, 5) is 4.46. The highest BCUT2D eigenvalue weighted by Gasteiger charge is 2.36. The van der Waals surface area contributed by atoms with Crippen LogP contribution in [0.5, 0.6) is 0 Å². The number of aryl methyl sites for hydroxylation is 1. The van der Waals surface area contributed by atoms with E-state index < -0.39 is 5.60 Å². The van der Waals surface area contributed by atoms with Gasteiger partial charge in [-0.25, -0.2) is 0 Å². The Morgan fingerprint density at radius 1 is 1.37 bits per heavy atom. The van der Waals surface area contributed by atoms with Gasteiger partial charge in [0.1, 0.15) is 5.60 Å². The summed E-state index contributed by atoms with van der Waals surface area (Å²) in [5.41, 5.74) is 8.03. The maximum Gasteiger partial charge on any atom is 0.258 e. The summed E-state index contributed by atoms with van der Waals surface area (Å²) in [6, 6.07) is 5.68. The van der Waals surface area contributed by atoms with Crippen LogP contribution >= 0.6 is 0 Å². The molecule has 1 unspecified atom stereocenters. The fourth-order valence-electron chi connectivity index (χ4n) is 2.32. The topological polar surface area (TPSA) is 74.2 Å². The van der Waals surface area contributed by atoms with Crippen molar-refractivity contribution in [3.8, 4) is 11.5 Å². The SMILES string of the molecule is Cc1cc(-c2nc(C3(C)CCCO3)no2)ccc1N. The minimum absolute atomic E-state index is 0.412. The van der Waals surface area contributed by atoms with E-state index in [-0.39, 0.29) is 0 Å². The molecule has 1 atom stereocenters. The van der Waals surface area contributed by atoms with Gasteiger partial charge in [-0.2, -0.15) is 4.98 Å². The van der Waals surface area contributed by atoms with E-state index in [4.69, 9.17) is 15.0 Å². The number of benzene rings is 1. The quantitative estimate of drug-likeness (QED) is 0.839. The molecule has 1 fully saturated rings. The van der Waals surface area contributed by atoms with Gasteiger partial charge in [0, 0.05) is 17.9 Å². The average molecular weight is 259 g/mol. The molecule has 2 N–H and O–H groups in total. The van der Waals surface area contributed by atoms with Crippen LogP contribution in [0, 0.1) is 6.92 Å². The lowest BCUT2D eigenvalue weighted by Crippen LogP contribution is -2.21. The minimum atomic E-state index is -0.412. The highest BCUT2D eigenvalue weighted by molar-refractivity contribution is 5.60. The lowest BCUT2D eigenvalue weighted by Gasteiger charge is -2.17. The fraction of sp³-hybridized carbons (Fsp3) is 0.429. The summed E-state index contributed by atoms with van der Waals surface area (Å²) in [7, 11) is 0. The summed E-state index contributed by atoms with van der Waals surface area (Å²) in [6.45, 7) is 4.71. The first-order valence-electron chi connectivity index (χ1n) is 6.43. The number of ether oxygens (including phenoxy) is 1.